The molecule has 0 bridgehead atoms. The fraction of sp³-hybridized carbons (Fsp3) is 0.261. The van der Waals surface area contributed by atoms with Crippen LogP contribution in [0.15, 0.2) is 60.1 Å². The second-order valence-corrected chi connectivity index (χ2v) is 7.68. The molecule has 1 aliphatic carbocycles. The van der Waals surface area contributed by atoms with Gasteiger partial charge in [0.05, 0.1) is 14.2 Å². The minimum atomic E-state index is -0.463. The molecular weight excluding hydrogens is 396 g/mol. The van der Waals surface area contributed by atoms with Crippen molar-refractivity contribution in [1.82, 2.24) is 14.8 Å². The molecule has 3 aromatic rings. The number of anilines is 1. The molecule has 5 rings (SSSR count). The Balaban J connectivity index is 1.56. The van der Waals surface area contributed by atoms with Gasteiger partial charge in [-0.2, -0.15) is 10.1 Å². The van der Waals surface area contributed by atoms with Crippen LogP contribution in [0.4, 0.5) is 5.95 Å². The number of nitrogens with one attached hydrogen (secondary N) is 1. The minimum Gasteiger partial charge on any atom is -0.504 e. The lowest BCUT2D eigenvalue weighted by molar-refractivity contribution is -0.116. The first-order valence-corrected chi connectivity index (χ1v) is 10.0. The fourth-order valence-corrected chi connectivity index (χ4v) is 4.45. The standard InChI is InChI=1S/C23H22N4O4/c1-30-16-6-3-13(4-7-16)15-9-17-21(19(29)11-15)22(27-23(26-17)24-12-25-27)14-5-8-20(31-2)18(28)10-14/h3-8,10,12,15,22,28H,9,11H2,1-2H3,(H,24,25,26)/t15-,22+/m0/s1. The van der Waals surface area contributed by atoms with Crippen LogP contribution in [-0.4, -0.2) is 39.9 Å². The number of aromatic hydroxyl groups is 1. The maximum absolute atomic E-state index is 13.4. The first-order valence-electron chi connectivity index (χ1n) is 10.0. The molecule has 8 heteroatoms. The van der Waals surface area contributed by atoms with Crippen LogP contribution in [0.5, 0.6) is 17.2 Å². The number of ketones is 1. The third-order valence-electron chi connectivity index (χ3n) is 5.97. The van der Waals surface area contributed by atoms with Crippen molar-refractivity contribution in [2.24, 2.45) is 0 Å². The normalized spacial score (nSPS) is 20.0. The summed E-state index contributed by atoms with van der Waals surface area (Å²) < 4.78 is 12.1. The number of phenolic OH excluding ortho intramolecular Hbond substituents is 1. The third-order valence-corrected chi connectivity index (χ3v) is 5.97. The highest BCUT2D eigenvalue weighted by Gasteiger charge is 2.39. The Morgan fingerprint density at radius 1 is 1.06 bits per heavy atom. The molecule has 31 heavy (non-hydrogen) atoms. The lowest BCUT2D eigenvalue weighted by atomic mass is 9.78. The number of carbonyl (C=O) groups excluding carboxylic acids is 1. The molecule has 1 aliphatic heterocycles. The number of rotatable bonds is 4. The molecule has 2 atom stereocenters. The molecule has 1 aromatic heterocycles. The second kappa shape index (κ2) is 7.46. The van der Waals surface area contributed by atoms with Crippen molar-refractivity contribution in [3.05, 3.63) is 71.2 Å². The van der Waals surface area contributed by atoms with Crippen LogP contribution < -0.4 is 14.8 Å². The zero-order chi connectivity index (χ0) is 21.5. The van der Waals surface area contributed by atoms with Crippen LogP contribution in [-0.2, 0) is 4.79 Å². The van der Waals surface area contributed by atoms with E-state index in [2.05, 4.69) is 15.4 Å². The molecule has 2 aromatic carbocycles. The van der Waals surface area contributed by atoms with E-state index in [0.29, 0.717) is 30.1 Å². The van der Waals surface area contributed by atoms with Crippen molar-refractivity contribution in [1.29, 1.82) is 0 Å². The first-order chi connectivity index (χ1) is 15.1. The summed E-state index contributed by atoms with van der Waals surface area (Å²) >= 11 is 0. The molecular formula is C23H22N4O4. The molecule has 158 valence electrons. The third kappa shape index (κ3) is 3.20. The maximum Gasteiger partial charge on any atom is 0.226 e. The molecule has 0 fully saturated rings. The van der Waals surface area contributed by atoms with Gasteiger partial charge in [0.1, 0.15) is 18.1 Å². The van der Waals surface area contributed by atoms with E-state index in [0.717, 1.165) is 22.6 Å². The predicted octanol–water partition coefficient (Wildman–Crippen LogP) is 3.42. The molecule has 2 heterocycles. The molecule has 0 spiro atoms. The number of benzene rings is 2. The van der Waals surface area contributed by atoms with E-state index in [9.17, 15) is 9.90 Å². The van der Waals surface area contributed by atoms with Gasteiger partial charge in [-0.3, -0.25) is 4.79 Å². The smallest absolute Gasteiger partial charge is 0.226 e. The fourth-order valence-electron chi connectivity index (χ4n) is 4.45. The van der Waals surface area contributed by atoms with E-state index in [1.165, 1.54) is 13.4 Å². The van der Waals surface area contributed by atoms with Crippen molar-refractivity contribution in [3.8, 4) is 17.2 Å². The highest BCUT2D eigenvalue weighted by molar-refractivity contribution is 6.00. The minimum absolute atomic E-state index is 0.0155. The lowest BCUT2D eigenvalue weighted by Gasteiger charge is -2.35. The number of Topliss-reactive ketones (excluding diaryl/α,β-unsaturated/α-hetero) is 1. The van der Waals surface area contributed by atoms with E-state index in [-0.39, 0.29) is 17.5 Å². The number of phenols is 1. The topological polar surface area (TPSA) is 98.5 Å². The van der Waals surface area contributed by atoms with Crippen LogP contribution in [0, 0.1) is 0 Å². The number of hydrogen-bond donors (Lipinski definition) is 2. The Kier molecular flexibility index (Phi) is 4.62. The Bertz CT molecular complexity index is 1180. The quantitative estimate of drug-likeness (QED) is 0.670. The SMILES string of the molecule is COc1ccc([C@@H]2CC(=O)C3=C(C2)Nc2ncnn2[C@@H]3c2ccc(OC)c(O)c2)cc1. The summed E-state index contributed by atoms with van der Waals surface area (Å²) in [6.45, 7) is 0. The molecule has 0 unspecified atom stereocenters. The highest BCUT2D eigenvalue weighted by atomic mass is 16.5. The van der Waals surface area contributed by atoms with Gasteiger partial charge in [-0.05, 0) is 47.7 Å². The number of methoxy groups -OCH3 is 2. The summed E-state index contributed by atoms with van der Waals surface area (Å²) in [5.41, 5.74) is 3.34. The van der Waals surface area contributed by atoms with E-state index >= 15 is 0 Å². The highest BCUT2D eigenvalue weighted by Crippen LogP contribution is 2.45. The summed E-state index contributed by atoms with van der Waals surface area (Å²) in [5, 5.41) is 18.0. The number of ether oxygens (including phenoxy) is 2. The number of fused-ring (bicyclic) bond motifs is 1. The molecule has 0 saturated carbocycles. The van der Waals surface area contributed by atoms with Gasteiger partial charge < -0.3 is 19.9 Å². The van der Waals surface area contributed by atoms with Crippen LogP contribution in [0.25, 0.3) is 0 Å². The monoisotopic (exact) mass is 418 g/mol. The van der Waals surface area contributed by atoms with E-state index in [4.69, 9.17) is 9.47 Å². The van der Waals surface area contributed by atoms with Gasteiger partial charge in [-0.25, -0.2) is 4.68 Å². The number of carbonyl (C=O) groups is 1. The molecule has 0 amide bonds. The Morgan fingerprint density at radius 2 is 1.84 bits per heavy atom. The number of allylic oxidation sites excluding steroid dienone is 2. The molecule has 0 saturated heterocycles. The number of hydrogen-bond acceptors (Lipinski definition) is 7. The average Bonchev–Trinajstić information content (AvgIpc) is 3.25. The van der Waals surface area contributed by atoms with E-state index in [1.54, 1.807) is 23.9 Å². The average molecular weight is 418 g/mol. The van der Waals surface area contributed by atoms with E-state index in [1.807, 2.05) is 30.3 Å². The van der Waals surface area contributed by atoms with Gasteiger partial charge in [0.2, 0.25) is 5.95 Å². The van der Waals surface area contributed by atoms with Gasteiger partial charge in [0, 0.05) is 17.7 Å². The largest absolute Gasteiger partial charge is 0.504 e. The van der Waals surface area contributed by atoms with Crippen molar-refractivity contribution in [2.45, 2.75) is 24.8 Å². The summed E-state index contributed by atoms with van der Waals surface area (Å²) in [6, 6.07) is 12.5. The molecule has 8 nitrogen and oxygen atoms in total. The van der Waals surface area contributed by atoms with Gasteiger partial charge in [-0.15, -0.1) is 0 Å². The Labute approximate surface area is 179 Å². The zero-order valence-corrected chi connectivity index (χ0v) is 17.2. The van der Waals surface area contributed by atoms with Gasteiger partial charge in [-0.1, -0.05) is 18.2 Å². The van der Waals surface area contributed by atoms with Gasteiger partial charge in [0.25, 0.3) is 0 Å². The van der Waals surface area contributed by atoms with Gasteiger partial charge in [0.15, 0.2) is 17.3 Å². The van der Waals surface area contributed by atoms with Crippen molar-refractivity contribution >= 4 is 11.7 Å². The van der Waals surface area contributed by atoms with Crippen LogP contribution in [0.1, 0.15) is 35.9 Å². The van der Waals surface area contributed by atoms with Crippen LogP contribution in [0.2, 0.25) is 0 Å². The maximum atomic E-state index is 13.4. The molecule has 2 N–H and O–H groups in total. The molecule has 0 radical (unpaired) electrons. The van der Waals surface area contributed by atoms with Crippen molar-refractivity contribution in [2.75, 3.05) is 19.5 Å². The Hall–Kier alpha value is -3.81. The summed E-state index contributed by atoms with van der Waals surface area (Å²) in [7, 11) is 3.13. The van der Waals surface area contributed by atoms with Crippen molar-refractivity contribution in [3.63, 3.8) is 0 Å². The summed E-state index contributed by atoms with van der Waals surface area (Å²) in [5.74, 6) is 1.86. The summed E-state index contributed by atoms with van der Waals surface area (Å²) in [6.07, 6.45) is 2.54. The number of aromatic nitrogens is 3. The van der Waals surface area contributed by atoms with Crippen LogP contribution in [0.3, 0.4) is 0 Å². The zero-order valence-electron chi connectivity index (χ0n) is 17.2. The van der Waals surface area contributed by atoms with Gasteiger partial charge >= 0.3 is 0 Å². The Morgan fingerprint density at radius 3 is 2.55 bits per heavy atom. The van der Waals surface area contributed by atoms with Crippen LogP contribution >= 0.6 is 0 Å². The lowest BCUT2D eigenvalue weighted by Crippen LogP contribution is -2.33. The number of nitrogens with zero attached hydrogens (tertiary/aromatic N) is 3. The summed E-state index contributed by atoms with van der Waals surface area (Å²) in [4.78, 5) is 17.7. The van der Waals surface area contributed by atoms with Crippen molar-refractivity contribution < 1.29 is 19.4 Å². The van der Waals surface area contributed by atoms with E-state index < -0.39 is 6.04 Å². The first kappa shape index (κ1) is 19.2. The predicted molar refractivity (Wildman–Crippen MR) is 113 cm³/mol. The molecule has 2 aliphatic rings. The second-order valence-electron chi connectivity index (χ2n) is 7.68.